The van der Waals surface area contributed by atoms with Crippen LogP contribution in [-0.2, 0) is 14.3 Å². The van der Waals surface area contributed by atoms with Gasteiger partial charge in [-0.1, -0.05) is 35.3 Å². The SMILES string of the molecule is CCOC(=O)Nc1cccc(C(=O)OCC(=O)NC(C)c2ccc(Cl)cc2Cl)c1. The van der Waals surface area contributed by atoms with Gasteiger partial charge in [0.25, 0.3) is 5.91 Å². The van der Waals surface area contributed by atoms with Gasteiger partial charge in [0.15, 0.2) is 6.61 Å². The maximum atomic E-state index is 12.2. The molecule has 2 aromatic rings. The molecule has 9 heteroatoms. The number of ether oxygens (including phenoxy) is 2. The number of carbonyl (C=O) groups excluding carboxylic acids is 3. The molecule has 0 fully saturated rings. The largest absolute Gasteiger partial charge is 0.452 e. The number of nitrogens with one attached hydrogen (secondary N) is 2. The molecule has 0 bridgehead atoms. The van der Waals surface area contributed by atoms with E-state index in [1.165, 1.54) is 12.1 Å². The second-order valence-electron chi connectivity index (χ2n) is 5.96. The standard InChI is InChI=1S/C20H20Cl2N2O5/c1-3-28-20(27)24-15-6-4-5-13(9-15)19(26)29-11-18(25)23-12(2)16-8-7-14(21)10-17(16)22/h4-10,12H,3,11H2,1-2H3,(H,23,25)(H,24,27). The van der Waals surface area contributed by atoms with Crippen molar-refractivity contribution in [3.8, 4) is 0 Å². The summed E-state index contributed by atoms with van der Waals surface area (Å²) in [6.07, 6.45) is -0.632. The molecule has 1 unspecified atom stereocenters. The van der Waals surface area contributed by atoms with Gasteiger partial charge in [-0.05, 0) is 49.7 Å². The molecule has 29 heavy (non-hydrogen) atoms. The van der Waals surface area contributed by atoms with E-state index in [1.54, 1.807) is 44.2 Å². The van der Waals surface area contributed by atoms with Crippen molar-refractivity contribution in [3.05, 3.63) is 63.6 Å². The number of amides is 2. The van der Waals surface area contributed by atoms with Crippen molar-refractivity contribution < 1.29 is 23.9 Å². The Morgan fingerprint density at radius 3 is 2.52 bits per heavy atom. The Morgan fingerprint density at radius 1 is 1.07 bits per heavy atom. The zero-order valence-corrected chi connectivity index (χ0v) is 17.3. The molecule has 2 amide bonds. The summed E-state index contributed by atoms with van der Waals surface area (Å²) in [6.45, 7) is 3.19. The van der Waals surface area contributed by atoms with Gasteiger partial charge in [-0.15, -0.1) is 0 Å². The van der Waals surface area contributed by atoms with Gasteiger partial charge >= 0.3 is 12.1 Å². The van der Waals surface area contributed by atoms with E-state index < -0.39 is 30.6 Å². The maximum absolute atomic E-state index is 12.2. The van der Waals surface area contributed by atoms with Gasteiger partial charge in [0.2, 0.25) is 0 Å². The first-order valence-corrected chi connectivity index (χ1v) is 9.51. The normalized spacial score (nSPS) is 11.3. The molecule has 0 radical (unpaired) electrons. The summed E-state index contributed by atoms with van der Waals surface area (Å²) in [7, 11) is 0. The summed E-state index contributed by atoms with van der Waals surface area (Å²) in [5, 5.41) is 6.10. The number of anilines is 1. The molecule has 0 saturated carbocycles. The number of hydrogen-bond donors (Lipinski definition) is 2. The molecule has 0 aliphatic heterocycles. The zero-order chi connectivity index (χ0) is 21.4. The fourth-order valence-corrected chi connectivity index (χ4v) is 3.01. The highest BCUT2D eigenvalue weighted by atomic mass is 35.5. The van der Waals surface area contributed by atoms with Gasteiger partial charge in [0, 0.05) is 15.7 Å². The zero-order valence-electron chi connectivity index (χ0n) is 15.8. The van der Waals surface area contributed by atoms with E-state index >= 15 is 0 Å². The van der Waals surface area contributed by atoms with Crippen LogP contribution in [-0.4, -0.2) is 31.2 Å². The van der Waals surface area contributed by atoms with Crippen molar-refractivity contribution >= 4 is 46.9 Å². The number of benzene rings is 2. The molecule has 2 rings (SSSR count). The highest BCUT2D eigenvalue weighted by molar-refractivity contribution is 6.35. The van der Waals surface area contributed by atoms with E-state index in [-0.39, 0.29) is 12.2 Å². The summed E-state index contributed by atoms with van der Waals surface area (Å²) in [6, 6.07) is 10.7. The first-order valence-electron chi connectivity index (χ1n) is 8.75. The summed E-state index contributed by atoms with van der Waals surface area (Å²) in [4.78, 5) is 35.7. The van der Waals surface area contributed by atoms with Crippen LogP contribution in [0.25, 0.3) is 0 Å². The van der Waals surface area contributed by atoms with Crippen LogP contribution in [0.4, 0.5) is 10.5 Å². The lowest BCUT2D eigenvalue weighted by Crippen LogP contribution is -2.31. The molecular weight excluding hydrogens is 419 g/mol. The summed E-state index contributed by atoms with van der Waals surface area (Å²) >= 11 is 12.0. The average molecular weight is 439 g/mol. The second-order valence-corrected chi connectivity index (χ2v) is 6.80. The van der Waals surface area contributed by atoms with Crippen molar-refractivity contribution in [2.24, 2.45) is 0 Å². The Balaban J connectivity index is 1.89. The molecule has 7 nitrogen and oxygen atoms in total. The Hall–Kier alpha value is -2.77. The molecule has 1 atom stereocenters. The Morgan fingerprint density at radius 2 is 1.83 bits per heavy atom. The van der Waals surface area contributed by atoms with Crippen LogP contribution >= 0.6 is 23.2 Å². The van der Waals surface area contributed by atoms with Crippen LogP contribution in [0, 0.1) is 0 Å². The van der Waals surface area contributed by atoms with Crippen LogP contribution in [0.3, 0.4) is 0 Å². The lowest BCUT2D eigenvalue weighted by molar-refractivity contribution is -0.124. The molecule has 0 saturated heterocycles. The number of carbonyl (C=O) groups is 3. The fraction of sp³-hybridized carbons (Fsp3) is 0.250. The monoisotopic (exact) mass is 438 g/mol. The van der Waals surface area contributed by atoms with Crippen molar-refractivity contribution in [2.45, 2.75) is 19.9 Å². The lowest BCUT2D eigenvalue weighted by atomic mass is 10.1. The van der Waals surface area contributed by atoms with E-state index in [4.69, 9.17) is 32.7 Å². The van der Waals surface area contributed by atoms with E-state index in [0.717, 1.165) is 0 Å². The first-order chi connectivity index (χ1) is 13.8. The fourth-order valence-electron chi connectivity index (χ4n) is 2.44. The predicted octanol–water partition coefficient (Wildman–Crippen LogP) is 4.60. The van der Waals surface area contributed by atoms with Crippen molar-refractivity contribution in [2.75, 3.05) is 18.5 Å². The Kier molecular flexibility index (Phi) is 8.30. The quantitative estimate of drug-likeness (QED) is 0.616. The third-order valence-electron chi connectivity index (χ3n) is 3.76. The van der Waals surface area contributed by atoms with Gasteiger partial charge in [-0.3, -0.25) is 10.1 Å². The summed E-state index contributed by atoms with van der Waals surface area (Å²) in [5.74, 6) is -1.19. The summed E-state index contributed by atoms with van der Waals surface area (Å²) in [5.41, 5.74) is 1.24. The minimum Gasteiger partial charge on any atom is -0.452 e. The molecule has 0 spiro atoms. The summed E-state index contributed by atoms with van der Waals surface area (Å²) < 4.78 is 9.81. The van der Waals surface area contributed by atoms with E-state index in [0.29, 0.717) is 21.3 Å². The number of esters is 1. The van der Waals surface area contributed by atoms with Crippen LogP contribution in [0.5, 0.6) is 0 Å². The van der Waals surface area contributed by atoms with E-state index in [2.05, 4.69) is 10.6 Å². The molecule has 0 aromatic heterocycles. The van der Waals surface area contributed by atoms with Gasteiger partial charge in [0.05, 0.1) is 18.2 Å². The molecule has 2 N–H and O–H groups in total. The number of hydrogen-bond acceptors (Lipinski definition) is 5. The molecule has 154 valence electrons. The van der Waals surface area contributed by atoms with E-state index in [1.807, 2.05) is 0 Å². The number of rotatable bonds is 7. The van der Waals surface area contributed by atoms with Gasteiger partial charge in [0.1, 0.15) is 0 Å². The van der Waals surface area contributed by atoms with Crippen molar-refractivity contribution in [3.63, 3.8) is 0 Å². The number of halogens is 2. The third kappa shape index (κ3) is 6.96. The van der Waals surface area contributed by atoms with Crippen LogP contribution in [0.15, 0.2) is 42.5 Å². The Bertz CT molecular complexity index is 904. The van der Waals surface area contributed by atoms with Gasteiger partial charge in [-0.2, -0.15) is 0 Å². The van der Waals surface area contributed by atoms with Crippen LogP contribution in [0.1, 0.15) is 35.8 Å². The highest BCUT2D eigenvalue weighted by Gasteiger charge is 2.16. The second kappa shape index (κ2) is 10.7. The molecule has 0 heterocycles. The van der Waals surface area contributed by atoms with Gasteiger partial charge < -0.3 is 14.8 Å². The third-order valence-corrected chi connectivity index (χ3v) is 4.32. The molecule has 2 aromatic carbocycles. The van der Waals surface area contributed by atoms with E-state index in [9.17, 15) is 14.4 Å². The minimum atomic E-state index is -0.704. The maximum Gasteiger partial charge on any atom is 0.411 e. The van der Waals surface area contributed by atoms with Gasteiger partial charge in [-0.25, -0.2) is 9.59 Å². The van der Waals surface area contributed by atoms with Crippen LogP contribution < -0.4 is 10.6 Å². The lowest BCUT2D eigenvalue weighted by Gasteiger charge is -2.16. The first kappa shape index (κ1) is 22.5. The minimum absolute atomic E-state index is 0.181. The van der Waals surface area contributed by atoms with Crippen molar-refractivity contribution in [1.29, 1.82) is 0 Å². The smallest absolute Gasteiger partial charge is 0.411 e. The average Bonchev–Trinajstić information content (AvgIpc) is 2.66. The topological polar surface area (TPSA) is 93.7 Å². The molecule has 0 aliphatic rings. The van der Waals surface area contributed by atoms with Crippen LogP contribution in [0.2, 0.25) is 10.0 Å². The Labute approximate surface area is 178 Å². The highest BCUT2D eigenvalue weighted by Crippen LogP contribution is 2.26. The molecule has 0 aliphatic carbocycles. The predicted molar refractivity (Wildman–Crippen MR) is 110 cm³/mol. The molecular formula is C20H20Cl2N2O5. The van der Waals surface area contributed by atoms with Crippen molar-refractivity contribution in [1.82, 2.24) is 5.32 Å².